The summed E-state index contributed by atoms with van der Waals surface area (Å²) in [5, 5.41) is 21.1. The second-order valence-corrected chi connectivity index (χ2v) is 19.8. The van der Waals surface area contributed by atoms with Crippen LogP contribution in [0.25, 0.3) is 11.4 Å². The number of carbonyl (C=O) groups is 5. The van der Waals surface area contributed by atoms with Crippen molar-refractivity contribution in [3.05, 3.63) is 143 Å². The maximum Gasteiger partial charge on any atom is 0.410 e. The van der Waals surface area contributed by atoms with Crippen LogP contribution >= 0.6 is 0 Å². The van der Waals surface area contributed by atoms with Crippen molar-refractivity contribution in [2.75, 3.05) is 6.54 Å². The number of oxime groups is 1. The van der Waals surface area contributed by atoms with Gasteiger partial charge in [-0.05, 0) is 114 Å². The molecule has 6 atom stereocenters. The number of nitrogens with zero attached hydrogens (tertiary/aromatic N) is 4. The van der Waals surface area contributed by atoms with Crippen molar-refractivity contribution in [2.45, 2.75) is 141 Å². The average Bonchev–Trinajstić information content (AvgIpc) is 3.91. The van der Waals surface area contributed by atoms with Crippen LogP contribution in [0.4, 0.5) is 13.6 Å². The summed E-state index contributed by atoms with van der Waals surface area (Å²) in [5.74, 6) is -0.732. The van der Waals surface area contributed by atoms with E-state index in [1.54, 1.807) is 71.0 Å². The van der Waals surface area contributed by atoms with Crippen LogP contribution < -0.4 is 16.4 Å². The van der Waals surface area contributed by atoms with E-state index < -0.39 is 42.1 Å². The van der Waals surface area contributed by atoms with Crippen LogP contribution in [-0.2, 0) is 36.8 Å². The third-order valence-corrected chi connectivity index (χ3v) is 13.3. The maximum absolute atomic E-state index is 13.4. The molecule has 2 aliphatic rings. The zero-order chi connectivity index (χ0) is 52.7. The second kappa shape index (κ2) is 25.9. The molecule has 17 heteroatoms. The number of piperidine rings is 1. The first-order valence-electron chi connectivity index (χ1n) is 24.9. The van der Waals surface area contributed by atoms with Crippen molar-refractivity contribution in [1.29, 1.82) is 0 Å². The highest BCUT2D eigenvalue weighted by Gasteiger charge is 2.39. The summed E-state index contributed by atoms with van der Waals surface area (Å²) in [6.45, 7) is 9.16. The first-order chi connectivity index (χ1) is 34.9. The Hall–Kier alpha value is -7.30. The lowest BCUT2D eigenvalue weighted by Crippen LogP contribution is -2.56. The minimum absolute atomic E-state index is 0.0154. The molecular formula is C56H67F2N7O8. The number of hydrogen-bond acceptors (Lipinski definition) is 11. The Morgan fingerprint density at radius 2 is 1.30 bits per heavy atom. The van der Waals surface area contributed by atoms with E-state index in [1.165, 1.54) is 10.5 Å². The molecule has 2 heterocycles. The van der Waals surface area contributed by atoms with E-state index in [1.807, 2.05) is 60.7 Å². The summed E-state index contributed by atoms with van der Waals surface area (Å²) in [6, 6.07) is 32.3. The number of nitrogens with two attached hydrogens (primary N) is 1. The van der Waals surface area contributed by atoms with Gasteiger partial charge in [-0.2, -0.15) is 13.8 Å². The van der Waals surface area contributed by atoms with Crippen molar-refractivity contribution in [2.24, 2.45) is 16.8 Å². The topological polar surface area (TPSA) is 219 Å². The van der Waals surface area contributed by atoms with Crippen molar-refractivity contribution in [3.8, 4) is 11.4 Å². The highest BCUT2D eigenvalue weighted by atomic mass is 19.3. The van der Waals surface area contributed by atoms with E-state index in [2.05, 4.69) is 42.6 Å². The molecular weight excluding hydrogens is 937 g/mol. The lowest BCUT2D eigenvalue weighted by Gasteiger charge is -2.39. The summed E-state index contributed by atoms with van der Waals surface area (Å²) in [7, 11) is 0. The predicted octanol–water partition coefficient (Wildman–Crippen LogP) is 9.63. The SMILES string of the molecule is C[C@H](NC(=O)[C@@H]1CCC[C@H](c2ccccc2)C1)C(=O)CCc1ccc(-c2noc(C(F)F)n2)cc1.C[C@H](NC(=O)[C@H]1C[C@@H](c2ccccc2)CCN1C(=O)OC(C)(C)C)C(=O)CCc1ccc(/C(N)=N/O)cc1. The number of ketones is 2. The number of amides is 3. The number of alkyl halides is 2. The van der Waals surface area contributed by atoms with Crippen LogP contribution in [-0.4, -0.2) is 85.8 Å². The molecule has 1 aliphatic heterocycles. The Bertz CT molecular complexity index is 2640. The molecule has 7 rings (SSSR count). The third-order valence-electron chi connectivity index (χ3n) is 13.3. The highest BCUT2D eigenvalue weighted by Crippen LogP contribution is 2.37. The fourth-order valence-electron chi connectivity index (χ4n) is 9.17. The summed E-state index contributed by atoms with van der Waals surface area (Å²) in [4.78, 5) is 69.9. The van der Waals surface area contributed by atoms with Crippen LogP contribution in [0.3, 0.4) is 0 Å². The van der Waals surface area contributed by atoms with Gasteiger partial charge in [0.05, 0.1) is 12.1 Å². The summed E-state index contributed by atoms with van der Waals surface area (Å²) < 4.78 is 35.3. The molecule has 388 valence electrons. The molecule has 15 nitrogen and oxygen atoms in total. The van der Waals surface area contributed by atoms with Crippen molar-refractivity contribution < 1.29 is 47.2 Å². The fraction of sp³-hybridized carbons (Fsp3) is 0.429. The van der Waals surface area contributed by atoms with Gasteiger partial charge in [-0.15, -0.1) is 0 Å². The van der Waals surface area contributed by atoms with Gasteiger partial charge < -0.3 is 30.8 Å². The van der Waals surface area contributed by atoms with E-state index >= 15 is 0 Å². The second-order valence-electron chi connectivity index (χ2n) is 19.8. The number of likely N-dealkylation sites (tertiary alicyclic amines) is 1. The van der Waals surface area contributed by atoms with Crippen molar-refractivity contribution in [3.63, 3.8) is 0 Å². The Balaban J connectivity index is 0.000000239. The largest absolute Gasteiger partial charge is 0.444 e. The number of benzene rings is 4. The molecule has 5 aromatic rings. The highest BCUT2D eigenvalue weighted by molar-refractivity contribution is 5.97. The number of Topliss-reactive ketones (excluding diaryl/α,β-unsaturated/α-hetero) is 2. The van der Waals surface area contributed by atoms with E-state index in [0.29, 0.717) is 42.9 Å². The molecule has 73 heavy (non-hydrogen) atoms. The van der Waals surface area contributed by atoms with E-state index in [4.69, 9.17) is 15.7 Å². The third kappa shape index (κ3) is 16.1. The number of carbonyl (C=O) groups excluding carboxylic acids is 5. The van der Waals surface area contributed by atoms with E-state index in [-0.39, 0.29) is 59.7 Å². The van der Waals surface area contributed by atoms with Gasteiger partial charge in [0.2, 0.25) is 17.6 Å². The van der Waals surface area contributed by atoms with Crippen LogP contribution in [0.15, 0.2) is 119 Å². The van der Waals surface area contributed by atoms with Crippen LogP contribution in [0.2, 0.25) is 0 Å². The summed E-state index contributed by atoms with van der Waals surface area (Å²) in [6.07, 6.45) is 3.08. The van der Waals surface area contributed by atoms with Crippen LogP contribution in [0.1, 0.15) is 138 Å². The number of aromatic nitrogens is 2. The molecule has 1 saturated heterocycles. The normalized spacial score (nSPS) is 18.9. The zero-order valence-electron chi connectivity index (χ0n) is 42.1. The smallest absolute Gasteiger partial charge is 0.410 e. The molecule has 1 aliphatic carbocycles. The van der Waals surface area contributed by atoms with Crippen LogP contribution in [0.5, 0.6) is 0 Å². The van der Waals surface area contributed by atoms with Gasteiger partial charge in [-0.25, -0.2) is 4.79 Å². The average molecular weight is 1000 g/mol. The molecule has 0 unspecified atom stereocenters. The molecule has 1 saturated carbocycles. The Morgan fingerprint density at radius 3 is 1.82 bits per heavy atom. The Morgan fingerprint density at radius 1 is 0.767 bits per heavy atom. The molecule has 3 amide bonds. The van der Waals surface area contributed by atoms with Gasteiger partial charge in [0.25, 0.3) is 5.89 Å². The molecule has 0 bridgehead atoms. The lowest BCUT2D eigenvalue weighted by molar-refractivity contribution is -0.131. The standard InChI is InChI=1S/C29H38N4O5.C27H29F2N3O3/c1-19(25(34)15-12-20-10-13-22(14-11-20)26(30)32-37)31-27(35)24-18-23(21-8-6-5-7-9-21)16-17-33(24)28(36)38-29(2,3)4;1-17(30-26(34)22-9-5-8-21(16-22)19-6-3-2-4-7-19)23(33)15-12-18-10-13-20(14-11-18)25-31-27(24(28)29)35-32-25/h5-11,13-14,19,23-24,37H,12,15-18H2,1-4H3,(H2,30,32)(H,31,35);2-4,6-7,10-11,13-14,17,21-22,24H,5,8-9,12,15-16H2,1H3,(H,30,34)/t19-,23-,24+;17-,21-,22+/m00/s1. The monoisotopic (exact) mass is 1000 g/mol. The number of nitrogens with one attached hydrogen (secondary N) is 2. The van der Waals surface area contributed by atoms with Gasteiger partial charge in [0, 0.05) is 36.4 Å². The van der Waals surface area contributed by atoms with Crippen molar-refractivity contribution in [1.82, 2.24) is 25.7 Å². The minimum Gasteiger partial charge on any atom is -0.444 e. The molecule has 5 N–H and O–H groups in total. The Kier molecular flexibility index (Phi) is 19.5. The number of amidine groups is 1. The number of hydrogen-bond donors (Lipinski definition) is 4. The quantitative estimate of drug-likeness (QED) is 0.0297. The number of aryl methyl sites for hydroxylation is 2. The van der Waals surface area contributed by atoms with E-state index in [9.17, 15) is 32.8 Å². The Labute approximate surface area is 425 Å². The van der Waals surface area contributed by atoms with Crippen LogP contribution in [0, 0.1) is 5.92 Å². The number of rotatable bonds is 17. The summed E-state index contributed by atoms with van der Waals surface area (Å²) >= 11 is 0. The van der Waals surface area contributed by atoms with Crippen molar-refractivity contribution >= 4 is 35.3 Å². The minimum atomic E-state index is -2.81. The fourth-order valence-corrected chi connectivity index (χ4v) is 9.17. The molecule has 0 spiro atoms. The molecule has 1 aromatic heterocycles. The first-order valence-corrected chi connectivity index (χ1v) is 24.9. The van der Waals surface area contributed by atoms with Gasteiger partial charge in [-0.1, -0.05) is 126 Å². The zero-order valence-corrected chi connectivity index (χ0v) is 42.1. The van der Waals surface area contributed by atoms with Gasteiger partial charge >= 0.3 is 12.5 Å². The number of halogens is 2. The van der Waals surface area contributed by atoms with Gasteiger partial charge in [0.15, 0.2) is 17.4 Å². The van der Waals surface area contributed by atoms with Gasteiger partial charge in [0.1, 0.15) is 11.6 Å². The maximum atomic E-state index is 13.4. The number of ether oxygens (including phenoxy) is 1. The predicted molar refractivity (Wildman–Crippen MR) is 272 cm³/mol. The first kappa shape index (κ1) is 55.0. The van der Waals surface area contributed by atoms with Gasteiger partial charge in [-0.3, -0.25) is 24.1 Å². The lowest BCUT2D eigenvalue weighted by atomic mass is 9.77. The molecule has 4 aromatic carbocycles. The molecule has 2 fully saturated rings. The van der Waals surface area contributed by atoms with E-state index in [0.717, 1.165) is 48.8 Å². The summed E-state index contributed by atoms with van der Waals surface area (Å²) in [5.41, 5.74) is 10.3. The molecule has 0 radical (unpaired) electrons.